The first-order chi connectivity index (χ1) is 20.8. The van der Waals surface area contributed by atoms with Gasteiger partial charge in [-0.2, -0.15) is 0 Å². The third kappa shape index (κ3) is 2.64. The van der Waals surface area contributed by atoms with Crippen molar-refractivity contribution >= 4 is 32.7 Å². The van der Waals surface area contributed by atoms with Crippen LogP contribution < -0.4 is 0 Å². The molecular weight excluding hydrogens is 508 g/mol. The fourth-order valence-electron chi connectivity index (χ4n) is 8.02. The molecule has 0 amide bonds. The lowest BCUT2D eigenvalue weighted by molar-refractivity contribution is 0.669. The van der Waals surface area contributed by atoms with Gasteiger partial charge in [0.2, 0.25) is 0 Å². The van der Waals surface area contributed by atoms with E-state index in [0.717, 1.165) is 21.9 Å². The molecule has 194 valence electrons. The molecule has 0 aliphatic heterocycles. The maximum atomic E-state index is 6.13. The number of hydrogen-bond acceptors (Lipinski definition) is 1. The Kier molecular flexibility index (Phi) is 4.18. The van der Waals surface area contributed by atoms with Gasteiger partial charge in [-0.25, -0.2) is 0 Å². The Labute approximate surface area is 243 Å². The first kappa shape index (κ1) is 22.3. The Morgan fingerprint density at radius 3 is 1.83 bits per heavy atom. The molecule has 7 aromatic carbocycles. The number of hydrogen-bond donors (Lipinski definition) is 0. The van der Waals surface area contributed by atoms with Gasteiger partial charge in [0, 0.05) is 10.8 Å². The molecule has 42 heavy (non-hydrogen) atoms. The van der Waals surface area contributed by atoms with Gasteiger partial charge in [-0.1, -0.05) is 121 Å². The molecule has 1 heterocycles. The molecule has 8 aromatic rings. The van der Waals surface area contributed by atoms with Crippen LogP contribution in [-0.4, -0.2) is 0 Å². The summed E-state index contributed by atoms with van der Waals surface area (Å²) in [4.78, 5) is 0. The van der Waals surface area contributed by atoms with Crippen molar-refractivity contribution in [1.82, 2.24) is 0 Å². The average molecular weight is 533 g/mol. The second-order valence-corrected chi connectivity index (χ2v) is 11.6. The van der Waals surface area contributed by atoms with Crippen molar-refractivity contribution in [2.75, 3.05) is 0 Å². The molecule has 1 atom stereocenters. The van der Waals surface area contributed by atoms with Crippen LogP contribution in [0.5, 0.6) is 0 Å². The van der Waals surface area contributed by atoms with E-state index in [9.17, 15) is 0 Å². The molecule has 0 saturated carbocycles. The lowest BCUT2D eigenvalue weighted by Gasteiger charge is -2.40. The predicted octanol–water partition coefficient (Wildman–Crippen LogP) is 10.7. The molecule has 1 spiro atoms. The third-order valence-corrected chi connectivity index (χ3v) is 9.68. The molecule has 0 radical (unpaired) electrons. The normalized spacial score (nSPS) is 16.2. The van der Waals surface area contributed by atoms with E-state index in [2.05, 4.69) is 133 Å². The van der Waals surface area contributed by atoms with Crippen LogP contribution in [0.4, 0.5) is 0 Å². The lowest BCUT2D eigenvalue weighted by Crippen LogP contribution is -2.31. The summed E-state index contributed by atoms with van der Waals surface area (Å²) in [6.07, 6.45) is 0. The monoisotopic (exact) mass is 532 g/mol. The van der Waals surface area contributed by atoms with Crippen LogP contribution in [0.15, 0.2) is 150 Å². The molecule has 1 nitrogen and oxygen atoms in total. The zero-order chi connectivity index (χ0) is 27.4. The van der Waals surface area contributed by atoms with E-state index >= 15 is 0 Å². The molecule has 0 saturated heterocycles. The minimum absolute atomic E-state index is 0.375. The number of rotatable bonds is 1. The maximum absolute atomic E-state index is 6.13. The van der Waals surface area contributed by atoms with Gasteiger partial charge in [-0.05, 0) is 90.7 Å². The number of para-hydroxylation sites is 1. The smallest absolute Gasteiger partial charge is 0.135 e. The van der Waals surface area contributed by atoms with Crippen LogP contribution in [0.2, 0.25) is 0 Å². The van der Waals surface area contributed by atoms with Crippen LogP contribution in [0.3, 0.4) is 0 Å². The molecule has 2 aliphatic carbocycles. The van der Waals surface area contributed by atoms with Crippen molar-refractivity contribution in [3.05, 3.63) is 168 Å². The van der Waals surface area contributed by atoms with E-state index < -0.39 is 0 Å². The molecule has 0 bridgehead atoms. The molecule has 1 heteroatoms. The van der Waals surface area contributed by atoms with Crippen molar-refractivity contribution in [3.63, 3.8) is 0 Å². The minimum Gasteiger partial charge on any atom is -0.456 e. The Bertz CT molecular complexity index is 2420. The van der Waals surface area contributed by atoms with Crippen LogP contribution >= 0.6 is 0 Å². The zero-order valence-corrected chi connectivity index (χ0v) is 22.8. The number of furan rings is 1. The molecule has 10 rings (SSSR count). The van der Waals surface area contributed by atoms with Crippen LogP contribution in [0.1, 0.15) is 22.3 Å². The summed E-state index contributed by atoms with van der Waals surface area (Å²) in [6.45, 7) is 0. The third-order valence-electron chi connectivity index (χ3n) is 9.68. The molecule has 1 unspecified atom stereocenters. The van der Waals surface area contributed by atoms with Crippen molar-refractivity contribution in [3.8, 4) is 33.4 Å². The highest BCUT2D eigenvalue weighted by molar-refractivity contribution is 6.08. The van der Waals surface area contributed by atoms with Crippen molar-refractivity contribution in [2.45, 2.75) is 5.41 Å². The van der Waals surface area contributed by atoms with Gasteiger partial charge >= 0.3 is 0 Å². The minimum atomic E-state index is -0.375. The van der Waals surface area contributed by atoms with E-state index in [1.165, 1.54) is 66.4 Å². The van der Waals surface area contributed by atoms with Crippen LogP contribution in [-0.2, 0) is 5.41 Å². The maximum Gasteiger partial charge on any atom is 0.135 e. The second kappa shape index (κ2) is 7.87. The van der Waals surface area contributed by atoms with E-state index in [-0.39, 0.29) is 5.41 Å². The van der Waals surface area contributed by atoms with Gasteiger partial charge < -0.3 is 4.42 Å². The van der Waals surface area contributed by atoms with Gasteiger partial charge in [0.15, 0.2) is 0 Å². The molecular formula is C41H24O. The quantitative estimate of drug-likeness (QED) is 0.205. The Morgan fingerprint density at radius 2 is 0.976 bits per heavy atom. The number of fused-ring (bicyclic) bond motifs is 12. The lowest BCUT2D eigenvalue weighted by atomic mass is 9.61. The zero-order valence-electron chi connectivity index (χ0n) is 22.8. The highest BCUT2D eigenvalue weighted by Crippen LogP contribution is 2.62. The first-order valence-corrected chi connectivity index (χ1v) is 14.6. The molecule has 0 N–H and O–H groups in total. The SMILES string of the molecule is c1ccc2c(c1)-c1cc(-c3ccc4oc5ccccc5c4c3)ccc1C21c2ccccc2-c2cccc3cccc1c23. The number of benzene rings is 7. The summed E-state index contributed by atoms with van der Waals surface area (Å²) in [5, 5.41) is 4.97. The first-order valence-electron chi connectivity index (χ1n) is 14.6. The van der Waals surface area contributed by atoms with Crippen LogP contribution in [0, 0.1) is 0 Å². The van der Waals surface area contributed by atoms with E-state index in [0.29, 0.717) is 0 Å². The average Bonchev–Trinajstić information content (AvgIpc) is 3.57. The summed E-state index contributed by atoms with van der Waals surface area (Å²) in [5.41, 5.74) is 14.6. The Balaban J connectivity index is 1.29. The van der Waals surface area contributed by atoms with Crippen molar-refractivity contribution < 1.29 is 4.42 Å². The van der Waals surface area contributed by atoms with Gasteiger partial charge in [0.25, 0.3) is 0 Å². The largest absolute Gasteiger partial charge is 0.456 e. The van der Waals surface area contributed by atoms with E-state index in [4.69, 9.17) is 4.42 Å². The summed E-state index contributed by atoms with van der Waals surface area (Å²) in [7, 11) is 0. The van der Waals surface area contributed by atoms with Crippen molar-refractivity contribution in [2.24, 2.45) is 0 Å². The topological polar surface area (TPSA) is 13.1 Å². The van der Waals surface area contributed by atoms with Crippen molar-refractivity contribution in [1.29, 1.82) is 0 Å². The van der Waals surface area contributed by atoms with Crippen LogP contribution in [0.25, 0.3) is 66.1 Å². The van der Waals surface area contributed by atoms with Gasteiger partial charge in [0.1, 0.15) is 11.2 Å². The van der Waals surface area contributed by atoms with Gasteiger partial charge in [-0.3, -0.25) is 0 Å². The Morgan fingerprint density at radius 1 is 0.381 bits per heavy atom. The fourth-order valence-corrected chi connectivity index (χ4v) is 8.02. The molecule has 1 aromatic heterocycles. The highest BCUT2D eigenvalue weighted by atomic mass is 16.3. The summed E-state index contributed by atoms with van der Waals surface area (Å²) in [5.74, 6) is 0. The Hall–Kier alpha value is -5.40. The predicted molar refractivity (Wildman–Crippen MR) is 173 cm³/mol. The highest BCUT2D eigenvalue weighted by Gasteiger charge is 2.49. The molecule has 0 fully saturated rings. The van der Waals surface area contributed by atoms with Gasteiger partial charge in [0.05, 0.1) is 5.41 Å². The van der Waals surface area contributed by atoms with E-state index in [1.54, 1.807) is 0 Å². The summed E-state index contributed by atoms with van der Waals surface area (Å²) >= 11 is 0. The van der Waals surface area contributed by atoms with Gasteiger partial charge in [-0.15, -0.1) is 0 Å². The summed E-state index contributed by atoms with van der Waals surface area (Å²) < 4.78 is 6.13. The fraction of sp³-hybridized carbons (Fsp3) is 0.0244. The van der Waals surface area contributed by atoms with E-state index in [1.807, 2.05) is 12.1 Å². The standard InChI is InChI=1S/C41H24O/c1-4-15-34-28(11-1)31-14-7-9-25-10-8-17-37(40(25)31)41(34)35-16-5-2-12-29(35)32-23-26(19-21-36(32)41)27-20-22-39-33(24-27)30-13-3-6-18-38(30)42-39/h1-24H. The second-order valence-electron chi connectivity index (χ2n) is 11.6. The summed E-state index contributed by atoms with van der Waals surface area (Å²) in [6, 6.07) is 53.7. The molecule has 2 aliphatic rings.